The van der Waals surface area contributed by atoms with Gasteiger partial charge >= 0.3 is 5.97 Å². The number of hydrogen-bond donors (Lipinski definition) is 2. The molecule has 0 spiro atoms. The Morgan fingerprint density at radius 2 is 1.53 bits per heavy atom. The Kier molecular flexibility index (Phi) is 7.92. The molecule has 0 aliphatic carbocycles. The van der Waals surface area contributed by atoms with E-state index in [9.17, 15) is 19.2 Å². The first-order valence-corrected chi connectivity index (χ1v) is 8.91. The van der Waals surface area contributed by atoms with E-state index in [1.807, 2.05) is 6.07 Å². The van der Waals surface area contributed by atoms with Gasteiger partial charge in [-0.2, -0.15) is 0 Å². The summed E-state index contributed by atoms with van der Waals surface area (Å²) in [6, 6.07) is 11.6. The molecule has 2 aromatic rings. The van der Waals surface area contributed by atoms with Crippen LogP contribution in [0.4, 0.5) is 5.69 Å². The summed E-state index contributed by atoms with van der Waals surface area (Å²) in [5.41, 5.74) is 0.835. The van der Waals surface area contributed by atoms with Crippen LogP contribution < -0.4 is 20.1 Å². The lowest BCUT2D eigenvalue weighted by Crippen LogP contribution is -2.35. The quantitative estimate of drug-likeness (QED) is 0.631. The van der Waals surface area contributed by atoms with Crippen molar-refractivity contribution in [2.45, 2.75) is 13.3 Å². The minimum atomic E-state index is -0.884. The number of amides is 3. The summed E-state index contributed by atoms with van der Waals surface area (Å²) in [6.45, 7) is 0.602. The van der Waals surface area contributed by atoms with Crippen LogP contribution in [0, 0.1) is 0 Å². The third-order valence-corrected chi connectivity index (χ3v) is 3.88. The first-order chi connectivity index (χ1) is 14.3. The zero-order valence-electron chi connectivity index (χ0n) is 16.8. The zero-order chi connectivity index (χ0) is 22.1. The Hall–Kier alpha value is -3.88. The van der Waals surface area contributed by atoms with Crippen molar-refractivity contribution in [3.63, 3.8) is 0 Å². The van der Waals surface area contributed by atoms with Gasteiger partial charge in [-0.15, -0.1) is 0 Å². The smallest absolute Gasteiger partial charge is 0.340 e. The number of imide groups is 1. The maximum absolute atomic E-state index is 12.5. The van der Waals surface area contributed by atoms with E-state index in [-0.39, 0.29) is 23.4 Å². The van der Waals surface area contributed by atoms with Crippen LogP contribution >= 0.6 is 0 Å². The predicted molar refractivity (Wildman–Crippen MR) is 107 cm³/mol. The van der Waals surface area contributed by atoms with Crippen molar-refractivity contribution in [2.24, 2.45) is 0 Å². The van der Waals surface area contributed by atoms with E-state index in [0.29, 0.717) is 5.75 Å². The molecule has 0 aliphatic heterocycles. The Labute approximate surface area is 173 Å². The molecule has 0 aliphatic rings. The first-order valence-electron chi connectivity index (χ1n) is 8.91. The molecule has 0 radical (unpaired) electrons. The van der Waals surface area contributed by atoms with Crippen LogP contribution in [-0.4, -0.2) is 44.5 Å². The Balaban J connectivity index is 2.03. The average Bonchev–Trinajstić information content (AvgIpc) is 2.71. The van der Waals surface area contributed by atoms with Gasteiger partial charge in [-0.1, -0.05) is 30.3 Å². The highest BCUT2D eigenvalue weighted by Crippen LogP contribution is 2.33. The standard InChI is InChI=1S/C21H22N2O7/c1-13(24)22-16-11-18(29-3)17(28-2)10-15(16)21(27)30-12-20(26)23-19(25)9-14-7-5-4-6-8-14/h4-8,10-11H,9,12H2,1-3H3,(H,22,24)(H,23,25,26). The van der Waals surface area contributed by atoms with Crippen molar-refractivity contribution in [1.82, 2.24) is 5.32 Å². The molecule has 0 aromatic heterocycles. The molecular weight excluding hydrogens is 392 g/mol. The fourth-order valence-electron chi connectivity index (χ4n) is 2.57. The number of esters is 1. The van der Waals surface area contributed by atoms with Crippen molar-refractivity contribution in [3.8, 4) is 11.5 Å². The fourth-order valence-corrected chi connectivity index (χ4v) is 2.57. The largest absolute Gasteiger partial charge is 0.493 e. The van der Waals surface area contributed by atoms with E-state index < -0.39 is 30.3 Å². The molecular formula is C21H22N2O7. The summed E-state index contributed by atoms with van der Waals surface area (Å²) < 4.78 is 15.3. The third-order valence-electron chi connectivity index (χ3n) is 3.88. The van der Waals surface area contributed by atoms with Crippen molar-refractivity contribution in [2.75, 3.05) is 26.1 Å². The highest BCUT2D eigenvalue weighted by Gasteiger charge is 2.20. The molecule has 9 heteroatoms. The molecule has 2 rings (SSSR count). The van der Waals surface area contributed by atoms with Gasteiger partial charge in [0.2, 0.25) is 11.8 Å². The molecule has 2 N–H and O–H groups in total. The van der Waals surface area contributed by atoms with Crippen LogP contribution in [0.2, 0.25) is 0 Å². The van der Waals surface area contributed by atoms with E-state index in [2.05, 4.69) is 10.6 Å². The second-order valence-electron chi connectivity index (χ2n) is 6.14. The van der Waals surface area contributed by atoms with Gasteiger partial charge in [-0.25, -0.2) is 4.79 Å². The summed E-state index contributed by atoms with van der Waals surface area (Å²) in [6.07, 6.45) is 0.0168. The first kappa shape index (κ1) is 22.4. The van der Waals surface area contributed by atoms with Crippen LogP contribution in [-0.2, 0) is 25.5 Å². The van der Waals surface area contributed by atoms with Gasteiger partial charge in [0.15, 0.2) is 18.1 Å². The van der Waals surface area contributed by atoms with E-state index >= 15 is 0 Å². The molecule has 0 unspecified atom stereocenters. The van der Waals surface area contributed by atoms with Gasteiger partial charge in [0.25, 0.3) is 5.91 Å². The van der Waals surface area contributed by atoms with Gasteiger partial charge in [-0.3, -0.25) is 19.7 Å². The number of nitrogens with one attached hydrogen (secondary N) is 2. The topological polar surface area (TPSA) is 120 Å². The minimum absolute atomic E-state index is 0.0168. The number of carbonyl (C=O) groups is 4. The zero-order valence-corrected chi connectivity index (χ0v) is 16.8. The maximum atomic E-state index is 12.5. The maximum Gasteiger partial charge on any atom is 0.340 e. The fraction of sp³-hybridized carbons (Fsp3) is 0.238. The lowest BCUT2D eigenvalue weighted by Gasteiger charge is -2.14. The molecule has 0 atom stereocenters. The third kappa shape index (κ3) is 6.33. The van der Waals surface area contributed by atoms with Gasteiger partial charge in [0.1, 0.15) is 0 Å². The number of hydrogen-bond acceptors (Lipinski definition) is 7. The molecule has 3 amide bonds. The Morgan fingerprint density at radius 3 is 2.13 bits per heavy atom. The second kappa shape index (κ2) is 10.6. The summed E-state index contributed by atoms with van der Waals surface area (Å²) >= 11 is 0. The highest BCUT2D eigenvalue weighted by molar-refractivity contribution is 6.03. The minimum Gasteiger partial charge on any atom is -0.493 e. The lowest BCUT2D eigenvalue weighted by atomic mass is 10.1. The highest BCUT2D eigenvalue weighted by atomic mass is 16.5. The van der Waals surface area contributed by atoms with E-state index in [4.69, 9.17) is 14.2 Å². The van der Waals surface area contributed by atoms with E-state index in [0.717, 1.165) is 5.56 Å². The van der Waals surface area contributed by atoms with Crippen molar-refractivity contribution < 1.29 is 33.4 Å². The number of methoxy groups -OCH3 is 2. The molecule has 0 bridgehead atoms. The van der Waals surface area contributed by atoms with Crippen molar-refractivity contribution >= 4 is 29.4 Å². The van der Waals surface area contributed by atoms with Crippen LogP contribution in [0.25, 0.3) is 0 Å². The van der Waals surface area contributed by atoms with Crippen LogP contribution in [0.5, 0.6) is 11.5 Å². The number of rotatable bonds is 8. The van der Waals surface area contributed by atoms with E-state index in [1.165, 1.54) is 33.3 Å². The van der Waals surface area contributed by atoms with Crippen LogP contribution in [0.1, 0.15) is 22.8 Å². The molecule has 0 saturated carbocycles. The summed E-state index contributed by atoms with van der Waals surface area (Å²) in [5, 5.41) is 4.65. The second-order valence-corrected chi connectivity index (χ2v) is 6.14. The molecule has 9 nitrogen and oxygen atoms in total. The van der Waals surface area contributed by atoms with Gasteiger partial charge in [0, 0.05) is 19.1 Å². The molecule has 30 heavy (non-hydrogen) atoms. The predicted octanol–water partition coefficient (Wildman–Crippen LogP) is 1.70. The van der Waals surface area contributed by atoms with Crippen molar-refractivity contribution in [3.05, 3.63) is 53.6 Å². The summed E-state index contributed by atoms with van der Waals surface area (Å²) in [5.74, 6) is -2.06. The number of benzene rings is 2. The van der Waals surface area contributed by atoms with Crippen LogP contribution in [0.15, 0.2) is 42.5 Å². The molecule has 158 valence electrons. The van der Waals surface area contributed by atoms with Crippen LogP contribution in [0.3, 0.4) is 0 Å². The monoisotopic (exact) mass is 414 g/mol. The van der Waals surface area contributed by atoms with E-state index in [1.54, 1.807) is 24.3 Å². The normalized spacial score (nSPS) is 9.97. The molecule has 2 aromatic carbocycles. The summed E-state index contributed by atoms with van der Waals surface area (Å²) in [7, 11) is 2.79. The number of anilines is 1. The SMILES string of the molecule is COc1cc(NC(C)=O)c(C(=O)OCC(=O)NC(=O)Cc2ccccc2)cc1OC. The van der Waals surface area contributed by atoms with Crippen molar-refractivity contribution in [1.29, 1.82) is 0 Å². The molecule has 0 heterocycles. The number of carbonyl (C=O) groups excluding carboxylic acids is 4. The number of ether oxygens (including phenoxy) is 3. The molecule has 0 saturated heterocycles. The van der Waals surface area contributed by atoms with Gasteiger partial charge in [-0.05, 0) is 5.56 Å². The molecule has 0 fully saturated rings. The van der Waals surface area contributed by atoms with Gasteiger partial charge in [0.05, 0.1) is 31.9 Å². The Morgan fingerprint density at radius 1 is 0.900 bits per heavy atom. The van der Waals surface area contributed by atoms with Gasteiger partial charge < -0.3 is 19.5 Å². The summed E-state index contributed by atoms with van der Waals surface area (Å²) in [4.78, 5) is 47.8. The average molecular weight is 414 g/mol. The Bertz CT molecular complexity index is 942. The lowest BCUT2D eigenvalue weighted by molar-refractivity contribution is -0.132.